The highest BCUT2D eigenvalue weighted by atomic mass is 31.2. The molecule has 2 aromatic heterocycles. The largest absolute Gasteiger partial charge is 0.497 e. The average molecular weight is 1130 g/mol. The molecule has 7 atom stereocenters. The summed E-state index contributed by atoms with van der Waals surface area (Å²) in [4.78, 5) is 27.6. The van der Waals surface area contributed by atoms with Crippen LogP contribution < -0.4 is 34.6 Å². The van der Waals surface area contributed by atoms with Crippen molar-refractivity contribution in [2.75, 3.05) is 53.0 Å². The second-order valence-corrected chi connectivity index (χ2v) is 25.9. The minimum atomic E-state index is -2.37. The Hall–Kier alpha value is -7.56. The van der Waals surface area contributed by atoms with Gasteiger partial charge >= 0.3 is 0 Å². The van der Waals surface area contributed by atoms with Crippen LogP contribution in [0.15, 0.2) is 176 Å². The van der Waals surface area contributed by atoms with Crippen LogP contribution in [0.25, 0.3) is 11.2 Å². The zero-order chi connectivity index (χ0) is 55.8. The number of amides is 1. The molecule has 0 saturated carbocycles. The minimum absolute atomic E-state index is 0.0101. The van der Waals surface area contributed by atoms with Gasteiger partial charge in [-0.2, -0.15) is 15.2 Å². The first kappa shape index (κ1) is 55.3. The maximum Gasteiger partial charge on any atom is 0.264 e. The lowest BCUT2D eigenvalue weighted by molar-refractivity contribution is -0.118. The Balaban J connectivity index is 0.982. The maximum absolute atomic E-state index is 13.4. The molecule has 3 aliphatic rings. The number of carbonyl (C=O) groups is 1. The molecular weight excluding hydrogens is 1060 g/mol. The molecule has 3 fully saturated rings. The highest BCUT2D eigenvalue weighted by Crippen LogP contribution is 2.59. The number of hydrogen-bond acceptors (Lipinski definition) is 15. The zero-order valence-corrected chi connectivity index (χ0v) is 47.5. The Labute approximate surface area is 473 Å². The number of rotatable bonds is 23. The van der Waals surface area contributed by atoms with E-state index in [9.17, 15) is 10.1 Å². The molecule has 81 heavy (non-hydrogen) atoms. The topological polar surface area (TPSA) is 183 Å². The van der Waals surface area contributed by atoms with Crippen LogP contribution in [-0.2, 0) is 33.7 Å². The van der Waals surface area contributed by atoms with Crippen LogP contribution in [0.3, 0.4) is 0 Å². The summed E-state index contributed by atoms with van der Waals surface area (Å²) in [5.74, 6) is 1.40. The number of nitriles is 1. The van der Waals surface area contributed by atoms with E-state index in [1.54, 1.807) is 44.4 Å². The molecule has 416 valence electrons. The van der Waals surface area contributed by atoms with Crippen LogP contribution in [0, 0.1) is 11.3 Å². The zero-order valence-electron chi connectivity index (χ0n) is 45.6. The van der Waals surface area contributed by atoms with Gasteiger partial charge in [-0.1, -0.05) is 150 Å². The smallest absolute Gasteiger partial charge is 0.264 e. The van der Waals surface area contributed by atoms with Crippen LogP contribution in [0.2, 0.25) is 12.6 Å². The van der Waals surface area contributed by atoms with E-state index in [0.29, 0.717) is 17.2 Å². The van der Waals surface area contributed by atoms with Gasteiger partial charge in [0.2, 0.25) is 11.8 Å². The Kier molecular flexibility index (Phi) is 17.1. The number of nitrogens with one attached hydrogen (secondary N) is 1. The van der Waals surface area contributed by atoms with Crippen LogP contribution in [-0.4, -0.2) is 116 Å². The molecule has 1 amide bonds. The van der Waals surface area contributed by atoms with Crippen molar-refractivity contribution in [1.29, 1.82) is 5.26 Å². The van der Waals surface area contributed by atoms with Gasteiger partial charge in [-0.15, -0.1) is 0 Å². The third-order valence-electron chi connectivity index (χ3n) is 15.5. The first-order valence-corrected chi connectivity index (χ1v) is 31.0. The molecule has 3 saturated heterocycles. The summed E-state index contributed by atoms with van der Waals surface area (Å²) in [6.45, 7) is 2.96. The van der Waals surface area contributed by atoms with E-state index in [4.69, 9.17) is 52.2 Å². The summed E-state index contributed by atoms with van der Waals surface area (Å²) >= 11 is 0. The van der Waals surface area contributed by atoms with Crippen LogP contribution >= 0.6 is 8.53 Å². The number of methoxy groups -OCH3 is 3. The van der Waals surface area contributed by atoms with Crippen molar-refractivity contribution in [3.63, 3.8) is 0 Å². The van der Waals surface area contributed by atoms with Crippen molar-refractivity contribution in [1.82, 2.24) is 24.2 Å². The number of fused-ring (bicyclic) bond motifs is 2. The number of aromatic nitrogens is 4. The van der Waals surface area contributed by atoms with Gasteiger partial charge in [0.1, 0.15) is 55.8 Å². The number of nitrogens with zero attached hydrogens (tertiary/aromatic N) is 6. The average Bonchev–Trinajstić information content (AvgIpc) is 4.34. The van der Waals surface area contributed by atoms with Gasteiger partial charge < -0.3 is 42.2 Å². The van der Waals surface area contributed by atoms with Gasteiger partial charge in [-0.3, -0.25) is 14.7 Å². The monoisotopic (exact) mass is 1130 g/mol. The van der Waals surface area contributed by atoms with Crippen molar-refractivity contribution in [2.24, 2.45) is 0 Å². The molecule has 11 rings (SSSR count). The Morgan fingerprint density at radius 2 is 1.36 bits per heavy atom. The van der Waals surface area contributed by atoms with Crippen molar-refractivity contribution in [2.45, 2.75) is 74.1 Å². The maximum atomic E-state index is 13.4. The van der Waals surface area contributed by atoms with Crippen LogP contribution in [0.5, 0.6) is 23.1 Å². The quantitative estimate of drug-likeness (QED) is 0.0276. The standard InChI is InChI=1S/C62H64N7O10PSi/c1-71-46-32-28-44(29-33-46)62(43-19-9-5-10-20-43,45-30-34-47(72-2)35-31-45)76-39-52-56(79-80-69-37-17-27-51(69)53(78-80)41-81(4,49-23-13-7-14-24-49)50-25-15-8-16-26-50)57(73-3)60(77-52)68-42-64-55-58(68)66-61(67-59(55)74-38-18-36-63)65-54(70)40-75-48-21-11-6-12-22-48/h5-16,19-26,28-35,42,51-53,56-57,60H,17-18,27,37-41H2,1-4H3,(H,65,66,67,70)/t51-,52+,53+,56-,57?,60+,80-/m0/s1. The predicted molar refractivity (Wildman–Crippen MR) is 310 cm³/mol. The molecule has 6 aromatic carbocycles. The fraction of sp³-hybridized carbons (Fsp3) is 0.306. The van der Waals surface area contributed by atoms with Gasteiger partial charge in [0, 0.05) is 19.7 Å². The Morgan fingerprint density at radius 1 is 0.753 bits per heavy atom. The van der Waals surface area contributed by atoms with E-state index in [1.807, 2.05) is 84.9 Å². The van der Waals surface area contributed by atoms with E-state index >= 15 is 0 Å². The Morgan fingerprint density at radius 3 is 1.96 bits per heavy atom. The molecule has 17 nitrogen and oxygen atoms in total. The number of hydrogen-bond donors (Lipinski definition) is 1. The summed E-state index contributed by atoms with van der Waals surface area (Å²) in [6, 6.07) is 59.7. The summed E-state index contributed by atoms with van der Waals surface area (Å²) in [5, 5.41) is 14.9. The fourth-order valence-electron chi connectivity index (χ4n) is 11.4. The third-order valence-corrected chi connectivity index (χ3v) is 21.7. The van der Waals surface area contributed by atoms with Crippen molar-refractivity contribution < 1.29 is 47.0 Å². The molecule has 3 aliphatic heterocycles. The summed E-state index contributed by atoms with van der Waals surface area (Å²) in [5.41, 5.74) is 1.90. The lowest BCUT2D eigenvalue weighted by Gasteiger charge is -2.37. The molecule has 0 aliphatic carbocycles. The fourth-order valence-corrected chi connectivity index (χ4v) is 17.3. The van der Waals surface area contributed by atoms with E-state index in [0.717, 1.165) is 42.1 Å². The van der Waals surface area contributed by atoms with Crippen molar-refractivity contribution in [3.05, 3.63) is 193 Å². The number of para-hydroxylation sites is 1. The van der Waals surface area contributed by atoms with E-state index in [1.165, 1.54) is 10.4 Å². The molecule has 5 heterocycles. The Bertz CT molecular complexity index is 3320. The summed E-state index contributed by atoms with van der Waals surface area (Å²) in [6.07, 6.45) is 0.197. The van der Waals surface area contributed by atoms with Crippen molar-refractivity contribution >= 4 is 50.0 Å². The molecule has 1 unspecified atom stereocenters. The minimum Gasteiger partial charge on any atom is -0.497 e. The number of carbonyl (C=O) groups excluding carboxylic acids is 1. The van der Waals surface area contributed by atoms with Gasteiger partial charge in [0.15, 0.2) is 24.0 Å². The molecular formula is C62H64N7O10PSi. The first-order valence-electron chi connectivity index (χ1n) is 27.1. The normalized spacial score (nSPS) is 20.9. The predicted octanol–water partition coefficient (Wildman–Crippen LogP) is 9.44. The van der Waals surface area contributed by atoms with Crippen LogP contribution in [0.1, 0.15) is 42.2 Å². The molecule has 19 heteroatoms. The number of anilines is 1. The molecule has 8 aromatic rings. The van der Waals surface area contributed by atoms with Crippen molar-refractivity contribution in [3.8, 4) is 29.2 Å². The SMILES string of the molecule is COc1ccc(C(OC[C@H]2O[C@@H](n3cnc4c(OCCC#N)nc(NC(=O)COc5ccccc5)nc43)C(OC)[C@H]2O[P@]2O[C@H](C[Si](C)(c3ccccc3)c3ccccc3)[C@@H]3CCCN32)(c2ccccc2)c2ccc(OC)cc2)cc1. The third kappa shape index (κ3) is 11.5. The van der Waals surface area contributed by atoms with Gasteiger partial charge in [-0.25, -0.2) is 9.65 Å². The van der Waals surface area contributed by atoms with E-state index in [-0.39, 0.29) is 61.4 Å². The van der Waals surface area contributed by atoms with E-state index in [2.05, 4.69) is 100 Å². The number of benzene rings is 6. The van der Waals surface area contributed by atoms with Gasteiger partial charge in [-0.05, 0) is 72.0 Å². The molecule has 0 radical (unpaired) electrons. The summed E-state index contributed by atoms with van der Waals surface area (Å²) in [7, 11) is 0.885. The van der Waals surface area contributed by atoms with Gasteiger partial charge in [0.05, 0.1) is 45.7 Å². The lowest BCUT2D eigenvalue weighted by Crippen LogP contribution is -2.58. The van der Waals surface area contributed by atoms with Crippen LogP contribution in [0.4, 0.5) is 5.95 Å². The number of ether oxygens (including phenoxy) is 7. The number of imidazole rings is 1. The molecule has 1 N–H and O–H groups in total. The van der Waals surface area contributed by atoms with E-state index < -0.39 is 52.6 Å². The first-order chi connectivity index (χ1) is 39.7. The second kappa shape index (κ2) is 25.1. The highest BCUT2D eigenvalue weighted by Gasteiger charge is 2.55. The highest BCUT2D eigenvalue weighted by molar-refractivity contribution is 7.45. The summed E-state index contributed by atoms with van der Waals surface area (Å²) < 4.78 is 63.6. The molecule has 0 bridgehead atoms. The second-order valence-electron chi connectivity index (χ2n) is 20.3. The van der Waals surface area contributed by atoms with Gasteiger partial charge in [0.25, 0.3) is 14.4 Å². The lowest BCUT2D eigenvalue weighted by atomic mass is 9.80. The molecule has 0 spiro atoms.